The maximum Gasteiger partial charge on any atom is 0.273 e. The van der Waals surface area contributed by atoms with Crippen LogP contribution in [-0.4, -0.2) is 46.3 Å². The Morgan fingerprint density at radius 1 is 1.24 bits per heavy atom. The number of primary amides is 1. The molecule has 2 atom stereocenters. The van der Waals surface area contributed by atoms with Crippen molar-refractivity contribution in [1.29, 1.82) is 0 Å². The number of fused-ring (bicyclic) bond motifs is 1. The molecular formula is C27H28N6O4S. The van der Waals surface area contributed by atoms with Crippen LogP contribution < -0.4 is 21.7 Å². The fraction of sp³-hybridized carbons (Fsp3) is 0.259. The summed E-state index contributed by atoms with van der Waals surface area (Å²) in [5.41, 5.74) is 14.1. The molecule has 0 aliphatic carbocycles. The summed E-state index contributed by atoms with van der Waals surface area (Å²) in [5.74, 6) is -1.78. The normalized spacial score (nSPS) is 15.9. The highest BCUT2D eigenvalue weighted by Crippen LogP contribution is 2.36. The van der Waals surface area contributed by atoms with Crippen molar-refractivity contribution >= 4 is 51.5 Å². The first kappa shape index (κ1) is 25.4. The molecule has 4 aromatic rings. The van der Waals surface area contributed by atoms with Crippen molar-refractivity contribution in [3.63, 3.8) is 0 Å². The van der Waals surface area contributed by atoms with E-state index in [4.69, 9.17) is 16.2 Å². The van der Waals surface area contributed by atoms with Gasteiger partial charge in [0.1, 0.15) is 10.9 Å². The Morgan fingerprint density at radius 2 is 2.05 bits per heavy atom. The number of rotatable bonds is 8. The first-order chi connectivity index (χ1) is 18.3. The number of H-pyrrole nitrogens is 1. The standard InChI is InChI=1S/C27H28N6O4S/c1-15-6-4-7-16(12-15)33(27(36)24-21(28)22(25(29)34)32-38-24)23(26(35)31-13-17-8-5-11-37-17)19-14-30-20-10-3-2-9-18(19)20/h2-4,6-7,9-10,12,14,17,23,30H,5,8,11,13,28H2,1H3,(H2,29,34)(H,31,35)/t17-,23+/m0/s1. The SMILES string of the molecule is Cc1cccc(N(C(=O)c2snc(C(N)=O)c2N)[C@@H](C(=O)NC[C@@H]2CCCO2)c2c[nH]c3ccccc23)c1. The van der Waals surface area contributed by atoms with Gasteiger partial charge in [0.25, 0.3) is 11.8 Å². The predicted molar refractivity (Wildman–Crippen MR) is 146 cm³/mol. The molecule has 3 amide bonds. The number of nitrogens with zero attached hydrogens (tertiary/aromatic N) is 2. The van der Waals surface area contributed by atoms with Gasteiger partial charge in [0.2, 0.25) is 5.91 Å². The van der Waals surface area contributed by atoms with Crippen molar-refractivity contribution in [3.8, 4) is 0 Å². The Balaban J connectivity index is 1.65. The Kier molecular flexibility index (Phi) is 7.12. The summed E-state index contributed by atoms with van der Waals surface area (Å²) in [5, 5.41) is 3.79. The molecule has 11 heteroatoms. The van der Waals surface area contributed by atoms with Crippen molar-refractivity contribution in [2.24, 2.45) is 5.73 Å². The number of ether oxygens (including phenoxy) is 1. The Bertz CT molecular complexity index is 1510. The molecule has 5 rings (SSSR count). The summed E-state index contributed by atoms with van der Waals surface area (Å²) in [4.78, 5) is 44.6. The van der Waals surface area contributed by atoms with Gasteiger partial charge in [-0.05, 0) is 55.1 Å². The van der Waals surface area contributed by atoms with E-state index in [-0.39, 0.29) is 28.3 Å². The van der Waals surface area contributed by atoms with Gasteiger partial charge >= 0.3 is 0 Å². The van der Waals surface area contributed by atoms with Crippen LogP contribution in [0.4, 0.5) is 11.4 Å². The average molecular weight is 533 g/mol. The van der Waals surface area contributed by atoms with Crippen LogP contribution >= 0.6 is 11.5 Å². The predicted octanol–water partition coefficient (Wildman–Crippen LogP) is 3.30. The zero-order valence-corrected chi connectivity index (χ0v) is 21.6. The lowest BCUT2D eigenvalue weighted by atomic mass is 10.0. The van der Waals surface area contributed by atoms with E-state index in [1.807, 2.05) is 49.4 Å². The molecule has 10 nitrogen and oxygen atoms in total. The van der Waals surface area contributed by atoms with E-state index in [1.54, 1.807) is 12.3 Å². The van der Waals surface area contributed by atoms with Crippen LogP contribution in [0.1, 0.15) is 50.2 Å². The van der Waals surface area contributed by atoms with Crippen LogP contribution in [-0.2, 0) is 9.53 Å². The molecule has 2 aromatic heterocycles. The highest BCUT2D eigenvalue weighted by atomic mass is 32.1. The molecule has 196 valence electrons. The molecule has 1 fully saturated rings. The fourth-order valence-corrected chi connectivity index (χ4v) is 5.48. The number of aromatic amines is 1. The van der Waals surface area contributed by atoms with Gasteiger partial charge in [0, 0.05) is 41.5 Å². The van der Waals surface area contributed by atoms with Crippen LogP contribution in [0.2, 0.25) is 0 Å². The number of hydrogen-bond acceptors (Lipinski definition) is 7. The van der Waals surface area contributed by atoms with Gasteiger partial charge in [-0.3, -0.25) is 19.3 Å². The molecule has 3 heterocycles. The molecule has 2 aromatic carbocycles. The Morgan fingerprint density at radius 3 is 2.76 bits per heavy atom. The monoisotopic (exact) mass is 532 g/mol. The third-order valence-corrected chi connectivity index (χ3v) is 7.46. The number of carbonyl (C=O) groups excluding carboxylic acids is 3. The largest absolute Gasteiger partial charge is 0.395 e. The van der Waals surface area contributed by atoms with Gasteiger partial charge in [-0.25, -0.2) is 0 Å². The van der Waals surface area contributed by atoms with Crippen LogP contribution in [0.5, 0.6) is 0 Å². The van der Waals surface area contributed by atoms with E-state index in [9.17, 15) is 14.4 Å². The van der Waals surface area contributed by atoms with Crippen LogP contribution in [0, 0.1) is 6.92 Å². The van der Waals surface area contributed by atoms with Crippen molar-refractivity contribution in [3.05, 3.63) is 76.4 Å². The molecule has 1 saturated heterocycles. The number of benzene rings is 2. The highest BCUT2D eigenvalue weighted by Gasteiger charge is 2.37. The summed E-state index contributed by atoms with van der Waals surface area (Å²) in [6.07, 6.45) is 3.45. The lowest BCUT2D eigenvalue weighted by Crippen LogP contribution is -2.45. The number of nitrogens with one attached hydrogen (secondary N) is 2. The van der Waals surface area contributed by atoms with E-state index in [0.717, 1.165) is 40.8 Å². The Labute approximate surface area is 223 Å². The minimum absolute atomic E-state index is 0.0251. The number of para-hydroxylation sites is 1. The zero-order valence-electron chi connectivity index (χ0n) is 20.8. The van der Waals surface area contributed by atoms with Gasteiger partial charge in [0.05, 0.1) is 11.8 Å². The molecule has 1 aliphatic rings. The third kappa shape index (κ3) is 4.85. The molecule has 0 saturated carbocycles. The van der Waals surface area contributed by atoms with Crippen LogP contribution in [0.15, 0.2) is 54.7 Å². The minimum Gasteiger partial charge on any atom is -0.395 e. The second-order valence-electron chi connectivity index (χ2n) is 9.22. The second kappa shape index (κ2) is 10.6. The molecule has 38 heavy (non-hydrogen) atoms. The summed E-state index contributed by atoms with van der Waals surface area (Å²) < 4.78 is 9.70. The van der Waals surface area contributed by atoms with E-state index in [2.05, 4.69) is 14.7 Å². The number of carbonyl (C=O) groups is 3. The van der Waals surface area contributed by atoms with Crippen molar-refractivity contribution in [1.82, 2.24) is 14.7 Å². The number of aryl methyl sites for hydroxylation is 1. The number of amides is 3. The van der Waals surface area contributed by atoms with Crippen molar-refractivity contribution in [2.75, 3.05) is 23.8 Å². The topological polar surface area (TPSA) is 156 Å². The average Bonchev–Trinajstić information content (AvgIpc) is 3.65. The molecular weight excluding hydrogens is 504 g/mol. The van der Waals surface area contributed by atoms with Gasteiger partial charge in [-0.15, -0.1) is 0 Å². The maximum atomic E-state index is 14.2. The first-order valence-corrected chi connectivity index (χ1v) is 13.0. The first-order valence-electron chi connectivity index (χ1n) is 12.3. The van der Waals surface area contributed by atoms with Crippen molar-refractivity contribution < 1.29 is 19.1 Å². The van der Waals surface area contributed by atoms with Gasteiger partial charge in [-0.1, -0.05) is 30.3 Å². The summed E-state index contributed by atoms with van der Waals surface area (Å²) in [6.45, 7) is 2.88. The van der Waals surface area contributed by atoms with E-state index >= 15 is 0 Å². The highest BCUT2D eigenvalue weighted by molar-refractivity contribution is 7.09. The second-order valence-corrected chi connectivity index (χ2v) is 10.00. The lowest BCUT2D eigenvalue weighted by molar-refractivity contribution is -0.123. The van der Waals surface area contributed by atoms with Crippen LogP contribution in [0.25, 0.3) is 10.9 Å². The number of anilines is 2. The van der Waals surface area contributed by atoms with E-state index < -0.39 is 17.9 Å². The molecule has 0 spiro atoms. The molecule has 1 aliphatic heterocycles. The minimum atomic E-state index is -1.07. The maximum absolute atomic E-state index is 14.2. The quantitative estimate of drug-likeness (QED) is 0.273. The molecule has 0 bridgehead atoms. The van der Waals surface area contributed by atoms with Gasteiger partial charge < -0.3 is 26.5 Å². The summed E-state index contributed by atoms with van der Waals surface area (Å²) in [7, 11) is 0. The Hall–Kier alpha value is -4.22. The summed E-state index contributed by atoms with van der Waals surface area (Å²) >= 11 is 0.777. The van der Waals surface area contributed by atoms with Gasteiger partial charge in [0.15, 0.2) is 5.69 Å². The molecule has 6 N–H and O–H groups in total. The van der Waals surface area contributed by atoms with E-state index in [0.29, 0.717) is 24.4 Å². The smallest absolute Gasteiger partial charge is 0.273 e. The summed E-state index contributed by atoms with van der Waals surface area (Å²) in [6, 6.07) is 13.8. The van der Waals surface area contributed by atoms with Crippen molar-refractivity contribution in [2.45, 2.75) is 31.9 Å². The number of nitrogens with two attached hydrogens (primary N) is 2. The van der Waals surface area contributed by atoms with E-state index in [1.165, 1.54) is 4.90 Å². The molecule has 0 unspecified atom stereocenters. The zero-order chi connectivity index (χ0) is 26.8. The molecule has 0 radical (unpaired) electrons. The lowest BCUT2D eigenvalue weighted by Gasteiger charge is -2.31. The third-order valence-electron chi connectivity index (χ3n) is 6.60. The van der Waals surface area contributed by atoms with Gasteiger partial charge in [-0.2, -0.15) is 4.37 Å². The number of aromatic nitrogens is 2. The fourth-order valence-electron chi connectivity index (χ4n) is 4.73. The number of nitrogen functional groups attached to an aromatic ring is 1. The number of hydrogen-bond donors (Lipinski definition) is 4. The van der Waals surface area contributed by atoms with Crippen LogP contribution in [0.3, 0.4) is 0 Å².